The largest absolute Gasteiger partial charge is 1.00 e. The van der Waals surface area contributed by atoms with E-state index in [2.05, 4.69) is 54.8 Å². The van der Waals surface area contributed by atoms with Gasteiger partial charge < -0.3 is 27.0 Å². The summed E-state index contributed by atoms with van der Waals surface area (Å²) in [6, 6.07) is 0. The molecule has 2 rings (SSSR count). The Morgan fingerprint density at radius 3 is 2.39 bits per heavy atom. The molecular formula is C15H27ClN6O. The van der Waals surface area contributed by atoms with Crippen LogP contribution in [0.25, 0.3) is 11.2 Å². The number of aliphatic hydroxyl groups is 1. The van der Waals surface area contributed by atoms with Crippen molar-refractivity contribution in [1.82, 2.24) is 28.9 Å². The molecule has 130 valence electrons. The van der Waals surface area contributed by atoms with Crippen LogP contribution >= 0.6 is 0 Å². The molecule has 8 heteroatoms. The first-order valence-electron chi connectivity index (χ1n) is 7.75. The third-order valence-electron chi connectivity index (χ3n) is 3.79. The first-order chi connectivity index (χ1) is 10.4. The van der Waals surface area contributed by atoms with Gasteiger partial charge in [0, 0.05) is 6.54 Å². The van der Waals surface area contributed by atoms with Crippen molar-refractivity contribution in [1.29, 1.82) is 0 Å². The van der Waals surface area contributed by atoms with Gasteiger partial charge in [-0.1, -0.05) is 13.8 Å². The number of quaternary nitrogens is 1. The second-order valence-electron chi connectivity index (χ2n) is 6.42. The first kappa shape index (κ1) is 19.8. The maximum absolute atomic E-state index is 10.3. The molecule has 23 heavy (non-hydrogen) atoms. The highest BCUT2D eigenvalue weighted by Gasteiger charge is 2.22. The fraction of sp³-hybridized carbons (Fsp3) is 0.667. The highest BCUT2D eigenvalue weighted by atomic mass is 35.5. The van der Waals surface area contributed by atoms with Gasteiger partial charge in [0.2, 0.25) is 0 Å². The molecule has 1 N–H and O–H groups in total. The molecule has 2 aromatic rings. The number of aromatic nitrogens is 4. The van der Waals surface area contributed by atoms with E-state index in [1.165, 1.54) is 0 Å². The number of imidazole rings is 1. The normalized spacial score (nSPS) is 13.3. The van der Waals surface area contributed by atoms with Crippen LogP contribution in [0.4, 0.5) is 5.82 Å². The summed E-state index contributed by atoms with van der Waals surface area (Å²) in [5, 5.41) is 10.3. The van der Waals surface area contributed by atoms with E-state index < -0.39 is 6.10 Å². The Balaban J connectivity index is 0.00000264. The Labute approximate surface area is 144 Å². The van der Waals surface area contributed by atoms with Crippen LogP contribution in [-0.2, 0) is 6.54 Å². The molecular weight excluding hydrogens is 316 g/mol. The fourth-order valence-corrected chi connectivity index (χ4v) is 2.56. The van der Waals surface area contributed by atoms with Crippen molar-refractivity contribution in [2.24, 2.45) is 0 Å². The van der Waals surface area contributed by atoms with Gasteiger partial charge >= 0.3 is 0 Å². The Morgan fingerprint density at radius 2 is 1.83 bits per heavy atom. The zero-order valence-corrected chi connectivity index (χ0v) is 15.3. The van der Waals surface area contributed by atoms with Crippen LogP contribution < -0.4 is 16.9 Å². The average molecular weight is 343 g/mol. The molecule has 0 aliphatic heterocycles. The molecule has 0 aliphatic carbocycles. The van der Waals surface area contributed by atoms with Gasteiger partial charge in [0.05, 0.1) is 40.1 Å². The summed E-state index contributed by atoms with van der Waals surface area (Å²) in [6.45, 7) is 7.21. The molecule has 1 unspecified atom stereocenters. The minimum atomic E-state index is -0.445. The molecule has 0 aliphatic rings. The minimum Gasteiger partial charge on any atom is -1.00 e. The zero-order valence-electron chi connectivity index (χ0n) is 14.6. The van der Waals surface area contributed by atoms with Crippen LogP contribution in [-0.4, -0.2) is 76.4 Å². The minimum absolute atomic E-state index is 0. The van der Waals surface area contributed by atoms with E-state index in [4.69, 9.17) is 0 Å². The van der Waals surface area contributed by atoms with Crippen LogP contribution in [0.15, 0.2) is 12.7 Å². The molecule has 1 atom stereocenters. The van der Waals surface area contributed by atoms with Crippen LogP contribution in [0.2, 0.25) is 0 Å². The number of halogens is 1. The van der Waals surface area contributed by atoms with Crippen LogP contribution in [0.1, 0.15) is 13.8 Å². The van der Waals surface area contributed by atoms with E-state index >= 15 is 0 Å². The highest BCUT2D eigenvalue weighted by Crippen LogP contribution is 2.23. The van der Waals surface area contributed by atoms with Crippen molar-refractivity contribution < 1.29 is 17.5 Å². The maximum Gasteiger partial charge on any atom is 0.258 e. The molecule has 0 spiro atoms. The second-order valence-corrected chi connectivity index (χ2v) is 6.42. The number of hydrogen-bond donors (Lipinski definition) is 1. The molecule has 0 amide bonds. The number of likely N-dealkylation sites (N-methyl/N-ethyl adjacent to an activating group) is 1. The summed E-state index contributed by atoms with van der Waals surface area (Å²) in [7, 11) is 6.15. The van der Waals surface area contributed by atoms with Gasteiger partial charge in [-0.15, -0.1) is 0 Å². The molecule has 2 aromatic heterocycles. The smallest absolute Gasteiger partial charge is 0.258 e. The zero-order chi connectivity index (χ0) is 16.3. The summed E-state index contributed by atoms with van der Waals surface area (Å²) in [5.41, 5.74) is 1.57. The van der Waals surface area contributed by atoms with Crippen molar-refractivity contribution in [2.45, 2.75) is 26.5 Å². The van der Waals surface area contributed by atoms with Crippen molar-refractivity contribution in [3.63, 3.8) is 0 Å². The Morgan fingerprint density at radius 1 is 1.17 bits per heavy atom. The van der Waals surface area contributed by atoms with Gasteiger partial charge in [-0.25, -0.2) is 9.97 Å². The van der Waals surface area contributed by atoms with Crippen LogP contribution in [0.5, 0.6) is 0 Å². The number of fused-ring (bicyclic) bond motifs is 1. The van der Waals surface area contributed by atoms with Gasteiger partial charge in [-0.3, -0.25) is 4.48 Å². The molecule has 0 saturated heterocycles. The van der Waals surface area contributed by atoms with E-state index in [-0.39, 0.29) is 12.4 Å². The van der Waals surface area contributed by atoms with Gasteiger partial charge in [0.25, 0.3) is 5.82 Å². The SMILES string of the molecule is CCN(CC)CC(O)Cn1cnc2c([N+](C)(C)C)ncnc21.[Cl-]. The summed E-state index contributed by atoms with van der Waals surface area (Å²) >= 11 is 0. The van der Waals surface area contributed by atoms with E-state index in [9.17, 15) is 5.11 Å². The predicted molar refractivity (Wildman–Crippen MR) is 88.7 cm³/mol. The molecule has 0 fully saturated rings. The Bertz CT molecular complexity index is 620. The van der Waals surface area contributed by atoms with Crippen molar-refractivity contribution in [3.05, 3.63) is 12.7 Å². The lowest BCUT2D eigenvalue weighted by Gasteiger charge is -2.22. The van der Waals surface area contributed by atoms with Crippen molar-refractivity contribution >= 4 is 17.0 Å². The number of rotatable bonds is 7. The van der Waals surface area contributed by atoms with E-state index in [0.717, 1.165) is 30.1 Å². The summed E-state index contributed by atoms with van der Waals surface area (Å²) < 4.78 is 2.49. The monoisotopic (exact) mass is 342 g/mol. The first-order valence-corrected chi connectivity index (χ1v) is 7.75. The van der Waals surface area contributed by atoms with Crippen molar-refractivity contribution in [3.8, 4) is 0 Å². The molecule has 2 heterocycles. The topological polar surface area (TPSA) is 67.1 Å². The third kappa shape index (κ3) is 4.60. The Hall–Kier alpha value is -1.28. The van der Waals surface area contributed by atoms with Crippen LogP contribution in [0.3, 0.4) is 0 Å². The molecule has 0 saturated carbocycles. The van der Waals surface area contributed by atoms with E-state index in [1.54, 1.807) is 12.7 Å². The number of aliphatic hydroxyl groups excluding tert-OH is 1. The average Bonchev–Trinajstić information content (AvgIpc) is 2.86. The lowest BCUT2D eigenvalue weighted by molar-refractivity contribution is -0.00000764. The summed E-state index contributed by atoms with van der Waals surface area (Å²) in [6.07, 6.45) is 2.86. The van der Waals surface area contributed by atoms with Gasteiger partial charge in [-0.05, 0) is 13.1 Å². The van der Waals surface area contributed by atoms with Gasteiger partial charge in [0.1, 0.15) is 6.33 Å². The van der Waals surface area contributed by atoms with Gasteiger partial charge in [-0.2, -0.15) is 4.98 Å². The number of hydrogen-bond acceptors (Lipinski definition) is 5. The molecule has 0 radical (unpaired) electrons. The summed E-state index contributed by atoms with van der Waals surface area (Å²) in [4.78, 5) is 15.4. The molecule has 7 nitrogen and oxygen atoms in total. The maximum atomic E-state index is 10.3. The van der Waals surface area contributed by atoms with Gasteiger partial charge in [0.15, 0.2) is 11.2 Å². The highest BCUT2D eigenvalue weighted by molar-refractivity contribution is 5.81. The standard InChI is InChI=1S/C15H27N6O.ClH/c1-6-19(7-2)8-12(22)9-20-11-18-13-14(20)16-10-17-15(13)21(3,4)5;/h10-12,22H,6-9H2,1-5H3;1H/q+1;/p-1. The molecule has 0 aromatic carbocycles. The Kier molecular flexibility index (Phi) is 6.88. The fourth-order valence-electron chi connectivity index (χ4n) is 2.56. The van der Waals surface area contributed by atoms with Crippen molar-refractivity contribution in [2.75, 3.05) is 40.8 Å². The predicted octanol–water partition coefficient (Wildman–Crippen LogP) is -2.27. The second kappa shape index (κ2) is 8.01. The van der Waals surface area contributed by atoms with Crippen LogP contribution in [0, 0.1) is 0 Å². The third-order valence-corrected chi connectivity index (χ3v) is 3.79. The number of nitrogens with zero attached hydrogens (tertiary/aromatic N) is 6. The molecule has 0 bridgehead atoms. The summed E-state index contributed by atoms with van der Waals surface area (Å²) in [5.74, 6) is 0.877. The lowest BCUT2D eigenvalue weighted by Crippen LogP contribution is -3.00. The quantitative estimate of drug-likeness (QED) is 0.575. The van der Waals surface area contributed by atoms with E-state index in [0.29, 0.717) is 17.6 Å². The van der Waals surface area contributed by atoms with E-state index in [1.807, 2.05) is 4.57 Å². The lowest BCUT2D eigenvalue weighted by atomic mass is 10.3.